The second-order valence-corrected chi connectivity index (χ2v) is 8.64. The molecule has 0 aliphatic rings. The van der Waals surface area contributed by atoms with E-state index in [2.05, 4.69) is 6.92 Å². The molecule has 0 aromatic heterocycles. The first-order chi connectivity index (χ1) is 11.8. The molecule has 1 nitrogen and oxygen atoms in total. The molecule has 0 saturated carbocycles. The molecule has 0 heterocycles. The summed E-state index contributed by atoms with van der Waals surface area (Å²) in [5.74, 6) is 2.47. The van der Waals surface area contributed by atoms with Crippen LogP contribution in [-0.2, 0) is 4.79 Å². The van der Waals surface area contributed by atoms with E-state index in [1.165, 1.54) is 108 Å². The number of hydrogen-bond donors (Lipinski definition) is 0. The molecule has 0 spiro atoms. The molecule has 2 heteroatoms. The van der Waals surface area contributed by atoms with Crippen molar-refractivity contribution < 1.29 is 4.79 Å². The van der Waals surface area contributed by atoms with Crippen molar-refractivity contribution in [2.45, 2.75) is 117 Å². The fraction of sp³-hybridized carbons (Fsp3) is 0.955. The van der Waals surface area contributed by atoms with Gasteiger partial charge >= 0.3 is 0 Å². The van der Waals surface area contributed by atoms with Crippen LogP contribution in [0.2, 0.25) is 0 Å². The molecule has 0 aliphatic carbocycles. The summed E-state index contributed by atoms with van der Waals surface area (Å²) in [6, 6.07) is 0. The Morgan fingerprint density at radius 2 is 1.04 bits per heavy atom. The molecule has 0 N–H and O–H groups in total. The smallest absolute Gasteiger partial charge is 0.123 e. The molecule has 0 amide bonds. The van der Waals surface area contributed by atoms with E-state index in [0.717, 1.165) is 12.0 Å². The Morgan fingerprint density at radius 3 is 1.42 bits per heavy atom. The molecule has 144 valence electrons. The number of hydrogen-bond acceptors (Lipinski definition) is 2. The second-order valence-electron chi connectivity index (χ2n) is 7.49. The first-order valence-corrected chi connectivity index (χ1v) is 12.0. The highest BCUT2D eigenvalue weighted by Crippen LogP contribution is 2.15. The lowest BCUT2D eigenvalue weighted by molar-refractivity contribution is -0.110. The predicted molar refractivity (Wildman–Crippen MR) is 112 cm³/mol. The van der Waals surface area contributed by atoms with E-state index in [1.54, 1.807) is 0 Å². The lowest BCUT2D eigenvalue weighted by Gasteiger charge is -2.04. The number of unbranched alkanes of at least 4 members (excludes halogenated alkanes) is 15. The Labute approximate surface area is 157 Å². The van der Waals surface area contributed by atoms with E-state index in [4.69, 9.17) is 0 Å². The Morgan fingerprint density at radius 1 is 0.667 bits per heavy atom. The van der Waals surface area contributed by atoms with Gasteiger partial charge in [0.1, 0.15) is 6.29 Å². The zero-order valence-electron chi connectivity index (χ0n) is 16.7. The van der Waals surface area contributed by atoms with Gasteiger partial charge in [0.05, 0.1) is 0 Å². The van der Waals surface area contributed by atoms with Crippen LogP contribution in [0, 0.1) is 5.92 Å². The topological polar surface area (TPSA) is 17.1 Å². The molecule has 0 aliphatic heterocycles. The van der Waals surface area contributed by atoms with Crippen molar-refractivity contribution in [1.29, 1.82) is 0 Å². The van der Waals surface area contributed by atoms with E-state index < -0.39 is 0 Å². The number of carbonyl (C=O) groups is 1. The van der Waals surface area contributed by atoms with E-state index in [1.807, 2.05) is 18.7 Å². The maximum Gasteiger partial charge on any atom is 0.123 e. The number of aldehydes is 1. The standard InChI is InChI=1S/C22H44OS/c1-3-4-5-6-7-8-9-10-11-12-13-14-15-16-17-18-19-24-21-22(2)20-23/h20,22H,3-19,21H2,1-2H3. The maximum absolute atomic E-state index is 10.5. The van der Waals surface area contributed by atoms with Crippen molar-refractivity contribution >= 4 is 18.0 Å². The number of thioether (sulfide) groups is 1. The monoisotopic (exact) mass is 356 g/mol. The van der Waals surface area contributed by atoms with Crippen molar-refractivity contribution in [3.63, 3.8) is 0 Å². The van der Waals surface area contributed by atoms with Gasteiger partial charge in [0, 0.05) is 11.7 Å². The van der Waals surface area contributed by atoms with Crippen LogP contribution in [0.5, 0.6) is 0 Å². The van der Waals surface area contributed by atoms with E-state index in [-0.39, 0.29) is 5.92 Å². The highest BCUT2D eigenvalue weighted by atomic mass is 32.2. The van der Waals surface area contributed by atoms with Crippen molar-refractivity contribution in [3.8, 4) is 0 Å². The fourth-order valence-electron chi connectivity index (χ4n) is 3.06. The molecular formula is C22H44OS. The Kier molecular flexibility index (Phi) is 21.1. The van der Waals surface area contributed by atoms with Crippen LogP contribution in [0.4, 0.5) is 0 Å². The molecular weight excluding hydrogens is 312 g/mol. The van der Waals surface area contributed by atoms with Crippen LogP contribution >= 0.6 is 11.8 Å². The molecule has 0 saturated heterocycles. The van der Waals surface area contributed by atoms with Crippen molar-refractivity contribution in [2.75, 3.05) is 11.5 Å². The van der Waals surface area contributed by atoms with Crippen LogP contribution in [0.15, 0.2) is 0 Å². The molecule has 0 aromatic carbocycles. The van der Waals surface area contributed by atoms with Crippen LogP contribution in [0.1, 0.15) is 117 Å². The summed E-state index contributed by atoms with van der Waals surface area (Å²) in [5, 5.41) is 0. The first kappa shape index (κ1) is 24.0. The summed E-state index contributed by atoms with van der Waals surface area (Å²) >= 11 is 1.94. The molecule has 1 unspecified atom stereocenters. The molecule has 0 aromatic rings. The minimum atomic E-state index is 0.232. The van der Waals surface area contributed by atoms with Gasteiger partial charge in [-0.3, -0.25) is 0 Å². The minimum absolute atomic E-state index is 0.232. The minimum Gasteiger partial charge on any atom is -0.303 e. The second kappa shape index (κ2) is 21.1. The number of carbonyl (C=O) groups excluding carboxylic acids is 1. The highest BCUT2D eigenvalue weighted by molar-refractivity contribution is 7.99. The summed E-state index contributed by atoms with van der Waals surface area (Å²) in [7, 11) is 0. The zero-order chi connectivity index (χ0) is 17.7. The molecule has 1 atom stereocenters. The first-order valence-electron chi connectivity index (χ1n) is 10.8. The zero-order valence-corrected chi connectivity index (χ0v) is 17.5. The Balaban J connectivity index is 2.99. The van der Waals surface area contributed by atoms with Crippen molar-refractivity contribution in [1.82, 2.24) is 0 Å². The molecule has 0 bridgehead atoms. The summed E-state index contributed by atoms with van der Waals surface area (Å²) in [6.45, 7) is 4.30. The Hall–Kier alpha value is 0.0200. The summed E-state index contributed by atoms with van der Waals surface area (Å²) in [5.41, 5.74) is 0. The molecule has 0 fully saturated rings. The predicted octanol–water partition coefficient (Wildman–Crippen LogP) is 7.82. The van der Waals surface area contributed by atoms with Gasteiger partial charge in [-0.05, 0) is 12.2 Å². The molecule has 0 radical (unpaired) electrons. The van der Waals surface area contributed by atoms with Gasteiger partial charge in [-0.2, -0.15) is 11.8 Å². The van der Waals surface area contributed by atoms with Gasteiger partial charge in [-0.25, -0.2) is 0 Å². The maximum atomic E-state index is 10.5. The highest BCUT2D eigenvalue weighted by Gasteiger charge is 1.99. The third-order valence-corrected chi connectivity index (χ3v) is 6.09. The van der Waals surface area contributed by atoms with Crippen molar-refractivity contribution in [3.05, 3.63) is 0 Å². The SMILES string of the molecule is CCCCCCCCCCCCCCCCCCSCC(C)C=O. The Bertz CT molecular complexity index is 242. The lowest BCUT2D eigenvalue weighted by atomic mass is 10.0. The van der Waals surface area contributed by atoms with Gasteiger partial charge in [0.2, 0.25) is 0 Å². The van der Waals surface area contributed by atoms with Gasteiger partial charge in [-0.15, -0.1) is 0 Å². The van der Waals surface area contributed by atoms with Crippen LogP contribution in [0.25, 0.3) is 0 Å². The third-order valence-electron chi connectivity index (χ3n) is 4.76. The van der Waals surface area contributed by atoms with Crippen LogP contribution in [0.3, 0.4) is 0 Å². The van der Waals surface area contributed by atoms with Gasteiger partial charge in [-0.1, -0.05) is 110 Å². The average molecular weight is 357 g/mol. The van der Waals surface area contributed by atoms with Gasteiger partial charge < -0.3 is 4.79 Å². The molecule has 24 heavy (non-hydrogen) atoms. The summed E-state index contributed by atoms with van der Waals surface area (Å²) in [6.07, 6.45) is 24.0. The van der Waals surface area contributed by atoms with Crippen molar-refractivity contribution in [2.24, 2.45) is 5.92 Å². The molecule has 0 rings (SSSR count). The summed E-state index contributed by atoms with van der Waals surface area (Å²) in [4.78, 5) is 10.5. The lowest BCUT2D eigenvalue weighted by Crippen LogP contribution is -1.99. The fourth-order valence-corrected chi connectivity index (χ4v) is 4.09. The normalized spacial score (nSPS) is 12.4. The van der Waals surface area contributed by atoms with E-state index >= 15 is 0 Å². The van der Waals surface area contributed by atoms with Crippen LogP contribution in [-0.4, -0.2) is 17.8 Å². The average Bonchev–Trinajstić information content (AvgIpc) is 2.60. The largest absolute Gasteiger partial charge is 0.303 e. The third kappa shape index (κ3) is 20.1. The van der Waals surface area contributed by atoms with E-state index in [0.29, 0.717) is 0 Å². The van der Waals surface area contributed by atoms with Gasteiger partial charge in [0.15, 0.2) is 0 Å². The summed E-state index contributed by atoms with van der Waals surface area (Å²) < 4.78 is 0. The van der Waals surface area contributed by atoms with Gasteiger partial charge in [0.25, 0.3) is 0 Å². The van der Waals surface area contributed by atoms with E-state index in [9.17, 15) is 4.79 Å². The number of rotatable bonds is 20. The quantitative estimate of drug-likeness (QED) is 0.163. The van der Waals surface area contributed by atoms with Crippen LogP contribution < -0.4 is 0 Å².